The average molecular weight is 311 g/mol. The van der Waals surface area contributed by atoms with E-state index in [1.165, 1.54) is 0 Å². The number of fused-ring (bicyclic) bond motifs is 1. The number of Topliss-reactive ketones (excluding diaryl/α,β-unsaturated/α-hetero) is 1. The Morgan fingerprint density at radius 3 is 2.13 bits per heavy atom. The SMILES string of the molecule is CCC(C)(C)Nc1ccc2cc(C(=O)C(C)(C)CC)ccc2c1. The lowest BCUT2D eigenvalue weighted by Gasteiger charge is -2.26. The summed E-state index contributed by atoms with van der Waals surface area (Å²) in [6, 6.07) is 12.4. The van der Waals surface area contributed by atoms with Crippen molar-refractivity contribution in [1.29, 1.82) is 0 Å². The first kappa shape index (κ1) is 17.5. The zero-order valence-electron chi connectivity index (χ0n) is 15.3. The molecule has 0 aliphatic rings. The van der Waals surface area contributed by atoms with Crippen LogP contribution in [0.2, 0.25) is 0 Å². The van der Waals surface area contributed by atoms with Gasteiger partial charge >= 0.3 is 0 Å². The third-order valence-corrected chi connectivity index (χ3v) is 4.97. The smallest absolute Gasteiger partial charge is 0.168 e. The molecule has 0 amide bonds. The molecule has 23 heavy (non-hydrogen) atoms. The summed E-state index contributed by atoms with van der Waals surface area (Å²) in [5.74, 6) is 0.219. The van der Waals surface area contributed by atoms with Crippen LogP contribution in [-0.2, 0) is 0 Å². The number of hydrogen-bond donors (Lipinski definition) is 1. The Bertz CT molecular complexity index is 713. The van der Waals surface area contributed by atoms with Gasteiger partial charge in [0.1, 0.15) is 0 Å². The fourth-order valence-corrected chi connectivity index (χ4v) is 2.50. The lowest BCUT2D eigenvalue weighted by Crippen LogP contribution is -2.29. The van der Waals surface area contributed by atoms with Gasteiger partial charge in [-0.2, -0.15) is 0 Å². The van der Waals surface area contributed by atoms with Crippen LogP contribution < -0.4 is 5.32 Å². The van der Waals surface area contributed by atoms with Crippen LogP contribution in [0.3, 0.4) is 0 Å². The Balaban J connectivity index is 2.34. The summed E-state index contributed by atoms with van der Waals surface area (Å²) < 4.78 is 0. The maximum atomic E-state index is 12.6. The van der Waals surface area contributed by atoms with Gasteiger partial charge in [0, 0.05) is 22.2 Å². The average Bonchev–Trinajstić information content (AvgIpc) is 2.53. The number of carbonyl (C=O) groups excluding carboxylic acids is 1. The van der Waals surface area contributed by atoms with Crippen molar-refractivity contribution < 1.29 is 4.79 Å². The second-order valence-electron chi connectivity index (χ2n) is 7.71. The summed E-state index contributed by atoms with van der Waals surface area (Å²) in [5, 5.41) is 5.84. The van der Waals surface area contributed by atoms with Crippen molar-refractivity contribution >= 4 is 22.2 Å². The van der Waals surface area contributed by atoms with Crippen LogP contribution in [0.15, 0.2) is 36.4 Å². The van der Waals surface area contributed by atoms with Gasteiger partial charge in [-0.05, 0) is 55.7 Å². The predicted molar refractivity (Wildman–Crippen MR) is 100 cm³/mol. The third kappa shape index (κ3) is 3.93. The Hall–Kier alpha value is -1.83. The lowest BCUT2D eigenvalue weighted by atomic mass is 9.81. The zero-order chi connectivity index (χ0) is 17.3. The van der Waals surface area contributed by atoms with Crippen molar-refractivity contribution in [2.75, 3.05) is 5.32 Å². The lowest BCUT2D eigenvalue weighted by molar-refractivity contribution is 0.0833. The van der Waals surface area contributed by atoms with Crippen LogP contribution in [0.5, 0.6) is 0 Å². The molecular formula is C21H29NO. The summed E-state index contributed by atoms with van der Waals surface area (Å²) in [6.45, 7) is 12.7. The summed E-state index contributed by atoms with van der Waals surface area (Å²) in [5.41, 5.74) is 1.70. The molecule has 0 saturated carbocycles. The van der Waals surface area contributed by atoms with Gasteiger partial charge in [-0.3, -0.25) is 4.79 Å². The molecule has 1 N–H and O–H groups in total. The van der Waals surface area contributed by atoms with E-state index < -0.39 is 0 Å². The first-order chi connectivity index (χ1) is 10.7. The minimum absolute atomic E-state index is 0.0781. The molecule has 0 heterocycles. The molecule has 0 atom stereocenters. The minimum Gasteiger partial charge on any atom is -0.380 e. The summed E-state index contributed by atoms with van der Waals surface area (Å²) in [6.07, 6.45) is 1.91. The van der Waals surface area contributed by atoms with Gasteiger partial charge < -0.3 is 5.32 Å². The summed E-state index contributed by atoms with van der Waals surface area (Å²) >= 11 is 0. The minimum atomic E-state index is -0.305. The highest BCUT2D eigenvalue weighted by Gasteiger charge is 2.26. The van der Waals surface area contributed by atoms with E-state index in [-0.39, 0.29) is 16.7 Å². The molecule has 0 spiro atoms. The molecule has 0 fully saturated rings. The zero-order valence-corrected chi connectivity index (χ0v) is 15.3. The largest absolute Gasteiger partial charge is 0.380 e. The Kier molecular flexibility index (Phi) is 4.84. The van der Waals surface area contributed by atoms with Gasteiger partial charge in [-0.25, -0.2) is 0 Å². The normalized spacial score (nSPS) is 12.4. The predicted octanol–water partition coefficient (Wildman–Crippen LogP) is 6.06. The Labute approximate surface area is 140 Å². The number of anilines is 1. The number of carbonyl (C=O) groups is 1. The van der Waals surface area contributed by atoms with Crippen LogP contribution in [-0.4, -0.2) is 11.3 Å². The first-order valence-electron chi connectivity index (χ1n) is 8.55. The van der Waals surface area contributed by atoms with Crippen molar-refractivity contribution in [1.82, 2.24) is 0 Å². The van der Waals surface area contributed by atoms with E-state index in [4.69, 9.17) is 0 Å². The fourth-order valence-electron chi connectivity index (χ4n) is 2.50. The highest BCUT2D eigenvalue weighted by atomic mass is 16.1. The van der Waals surface area contributed by atoms with Gasteiger partial charge in [0.15, 0.2) is 5.78 Å². The molecule has 0 aliphatic carbocycles. The monoisotopic (exact) mass is 311 g/mol. The Morgan fingerprint density at radius 2 is 1.52 bits per heavy atom. The van der Waals surface area contributed by atoms with Crippen molar-refractivity contribution in [3.05, 3.63) is 42.0 Å². The van der Waals surface area contributed by atoms with Crippen LogP contribution in [0.25, 0.3) is 10.8 Å². The van der Waals surface area contributed by atoms with Crippen LogP contribution in [0, 0.1) is 5.41 Å². The second kappa shape index (κ2) is 6.35. The maximum absolute atomic E-state index is 12.6. The van der Waals surface area contributed by atoms with Gasteiger partial charge in [-0.1, -0.05) is 45.9 Å². The molecule has 2 heteroatoms. The van der Waals surface area contributed by atoms with Gasteiger partial charge in [0.25, 0.3) is 0 Å². The highest BCUT2D eigenvalue weighted by molar-refractivity contribution is 6.03. The topological polar surface area (TPSA) is 29.1 Å². The van der Waals surface area contributed by atoms with E-state index in [1.54, 1.807) is 0 Å². The van der Waals surface area contributed by atoms with Crippen molar-refractivity contribution in [3.8, 4) is 0 Å². The molecule has 0 saturated heterocycles. The second-order valence-corrected chi connectivity index (χ2v) is 7.71. The molecule has 0 unspecified atom stereocenters. The highest BCUT2D eigenvalue weighted by Crippen LogP contribution is 2.29. The molecule has 0 radical (unpaired) electrons. The van der Waals surface area contributed by atoms with Crippen molar-refractivity contribution in [2.24, 2.45) is 5.41 Å². The molecule has 0 aliphatic heterocycles. The van der Waals surface area contributed by atoms with Crippen molar-refractivity contribution in [2.45, 2.75) is 59.9 Å². The molecule has 2 aromatic carbocycles. The van der Waals surface area contributed by atoms with Gasteiger partial charge in [0.05, 0.1) is 0 Å². The number of benzene rings is 2. The number of ketones is 1. The van der Waals surface area contributed by atoms with Crippen LogP contribution in [0.1, 0.15) is 64.7 Å². The quantitative estimate of drug-likeness (QED) is 0.657. The van der Waals surface area contributed by atoms with Crippen molar-refractivity contribution in [3.63, 3.8) is 0 Å². The molecular weight excluding hydrogens is 282 g/mol. The fraction of sp³-hybridized carbons (Fsp3) is 0.476. The van der Waals surface area contributed by atoms with E-state index in [0.29, 0.717) is 0 Å². The van der Waals surface area contributed by atoms with Gasteiger partial charge in [-0.15, -0.1) is 0 Å². The molecule has 124 valence electrons. The van der Waals surface area contributed by atoms with Crippen LogP contribution in [0.4, 0.5) is 5.69 Å². The first-order valence-corrected chi connectivity index (χ1v) is 8.55. The molecule has 2 nitrogen and oxygen atoms in total. The van der Waals surface area contributed by atoms with Crippen LogP contribution >= 0.6 is 0 Å². The van der Waals surface area contributed by atoms with E-state index >= 15 is 0 Å². The van der Waals surface area contributed by atoms with E-state index in [0.717, 1.165) is 34.9 Å². The van der Waals surface area contributed by atoms with Gasteiger partial charge in [0.2, 0.25) is 0 Å². The van der Waals surface area contributed by atoms with E-state index in [9.17, 15) is 4.79 Å². The third-order valence-electron chi connectivity index (χ3n) is 4.97. The molecule has 2 aromatic rings. The number of nitrogens with one attached hydrogen (secondary N) is 1. The number of hydrogen-bond acceptors (Lipinski definition) is 2. The molecule has 0 aromatic heterocycles. The number of rotatable bonds is 6. The molecule has 0 bridgehead atoms. The van der Waals surface area contributed by atoms with E-state index in [2.05, 4.69) is 57.3 Å². The summed E-state index contributed by atoms with van der Waals surface area (Å²) in [7, 11) is 0. The van der Waals surface area contributed by atoms with E-state index in [1.807, 2.05) is 26.0 Å². The molecule has 2 rings (SSSR count). The Morgan fingerprint density at radius 1 is 0.913 bits per heavy atom. The maximum Gasteiger partial charge on any atom is 0.168 e. The standard InChI is InChI=1S/C21H29NO/c1-7-20(3,4)19(23)17-10-9-16-14-18(12-11-15(16)13-17)22-21(5,6)8-2/h9-14,22H,7-8H2,1-6H3. The summed E-state index contributed by atoms with van der Waals surface area (Å²) in [4.78, 5) is 12.6.